The summed E-state index contributed by atoms with van der Waals surface area (Å²) >= 11 is 5.30. The second-order valence-corrected chi connectivity index (χ2v) is 8.81. The van der Waals surface area contributed by atoms with Crippen LogP contribution in [0.15, 0.2) is 48.5 Å². The van der Waals surface area contributed by atoms with Gasteiger partial charge in [-0.05, 0) is 66.7 Å². The van der Waals surface area contributed by atoms with Gasteiger partial charge in [-0.1, -0.05) is 20.8 Å². The van der Waals surface area contributed by atoms with Crippen molar-refractivity contribution in [1.82, 2.24) is 10.2 Å². The molecule has 0 aliphatic carbocycles. The number of hydrogen-bond donors (Lipinski definition) is 2. The number of anilines is 2. The highest BCUT2D eigenvalue weighted by Crippen LogP contribution is 2.20. The quantitative estimate of drug-likeness (QED) is 0.601. The van der Waals surface area contributed by atoms with E-state index < -0.39 is 0 Å². The van der Waals surface area contributed by atoms with Gasteiger partial charge >= 0.3 is 0 Å². The maximum absolute atomic E-state index is 12.5. The van der Waals surface area contributed by atoms with E-state index in [1.165, 1.54) is 0 Å². The molecule has 33 heavy (non-hydrogen) atoms. The van der Waals surface area contributed by atoms with Crippen LogP contribution in [-0.4, -0.2) is 54.6 Å². The molecule has 1 heterocycles. The molecule has 1 aliphatic rings. The summed E-state index contributed by atoms with van der Waals surface area (Å²) in [5, 5.41) is 5.99. The molecule has 0 atom stereocenters. The largest absolute Gasteiger partial charge is 0.493 e. The molecular formula is C25H32N4O3S. The predicted octanol–water partition coefficient (Wildman–Crippen LogP) is 3.91. The molecule has 2 aromatic carbocycles. The number of amides is 2. The molecule has 176 valence electrons. The molecule has 0 saturated carbocycles. The van der Waals surface area contributed by atoms with Crippen LogP contribution in [-0.2, 0) is 4.79 Å². The fourth-order valence-corrected chi connectivity index (χ4v) is 3.71. The summed E-state index contributed by atoms with van der Waals surface area (Å²) in [5.74, 6) is 1.10. The van der Waals surface area contributed by atoms with Gasteiger partial charge in [0, 0.05) is 49.5 Å². The van der Waals surface area contributed by atoms with E-state index in [-0.39, 0.29) is 16.9 Å². The summed E-state index contributed by atoms with van der Waals surface area (Å²) in [5.41, 5.74) is 2.40. The first-order valence-corrected chi connectivity index (χ1v) is 11.7. The van der Waals surface area contributed by atoms with E-state index in [9.17, 15) is 9.59 Å². The molecule has 7 nitrogen and oxygen atoms in total. The summed E-state index contributed by atoms with van der Waals surface area (Å²) in [6.07, 6.45) is 0.550. The molecule has 0 radical (unpaired) electrons. The third-order valence-electron chi connectivity index (χ3n) is 5.35. The highest BCUT2D eigenvalue weighted by molar-refractivity contribution is 7.80. The lowest BCUT2D eigenvalue weighted by Crippen LogP contribution is -2.48. The lowest BCUT2D eigenvalue weighted by molar-refractivity contribution is -0.131. The van der Waals surface area contributed by atoms with Crippen LogP contribution in [0.2, 0.25) is 0 Å². The van der Waals surface area contributed by atoms with Gasteiger partial charge < -0.3 is 19.9 Å². The maximum atomic E-state index is 12.5. The number of piperazine rings is 1. The average molecular weight is 469 g/mol. The molecule has 0 spiro atoms. The van der Waals surface area contributed by atoms with Gasteiger partial charge in [-0.2, -0.15) is 0 Å². The van der Waals surface area contributed by atoms with E-state index in [1.54, 1.807) is 24.3 Å². The molecule has 1 saturated heterocycles. The van der Waals surface area contributed by atoms with Gasteiger partial charge in [-0.25, -0.2) is 0 Å². The highest BCUT2D eigenvalue weighted by atomic mass is 32.1. The normalized spacial score (nSPS) is 13.6. The van der Waals surface area contributed by atoms with Crippen LogP contribution in [0.1, 0.15) is 37.6 Å². The summed E-state index contributed by atoms with van der Waals surface area (Å²) < 4.78 is 5.65. The molecule has 1 aliphatic heterocycles. The standard InChI is InChI=1S/C25H32N4O3S/c1-4-23(30)29-15-13-28(14-16-29)21-9-7-20(8-10-21)26-25(33)27-24(31)19-5-11-22(12-6-19)32-17-18(2)3/h5-12,18H,4,13-17H2,1-3H3,(H2,26,27,31,33). The maximum Gasteiger partial charge on any atom is 0.257 e. The Morgan fingerprint density at radius 1 is 1.00 bits per heavy atom. The Morgan fingerprint density at radius 3 is 2.21 bits per heavy atom. The van der Waals surface area contributed by atoms with Gasteiger partial charge in [-0.15, -0.1) is 0 Å². The van der Waals surface area contributed by atoms with E-state index >= 15 is 0 Å². The fraction of sp³-hybridized carbons (Fsp3) is 0.400. The van der Waals surface area contributed by atoms with Crippen LogP contribution in [0.25, 0.3) is 0 Å². The zero-order valence-electron chi connectivity index (χ0n) is 19.5. The molecular weight excluding hydrogens is 436 g/mol. The van der Waals surface area contributed by atoms with E-state index in [4.69, 9.17) is 17.0 Å². The molecule has 2 N–H and O–H groups in total. The first-order chi connectivity index (χ1) is 15.9. The first kappa shape index (κ1) is 24.5. The third kappa shape index (κ3) is 7.18. The SMILES string of the molecule is CCC(=O)N1CCN(c2ccc(NC(=S)NC(=O)c3ccc(OCC(C)C)cc3)cc2)CC1. The average Bonchev–Trinajstić information content (AvgIpc) is 2.83. The minimum Gasteiger partial charge on any atom is -0.493 e. The number of hydrogen-bond acceptors (Lipinski definition) is 5. The van der Waals surface area contributed by atoms with Gasteiger partial charge in [0.1, 0.15) is 5.75 Å². The second-order valence-electron chi connectivity index (χ2n) is 8.41. The Kier molecular flexibility index (Phi) is 8.65. The number of rotatable bonds is 7. The van der Waals surface area contributed by atoms with Crippen LogP contribution < -0.4 is 20.3 Å². The monoisotopic (exact) mass is 468 g/mol. The lowest BCUT2D eigenvalue weighted by atomic mass is 10.2. The van der Waals surface area contributed by atoms with E-state index in [0.29, 0.717) is 24.5 Å². The summed E-state index contributed by atoms with van der Waals surface area (Å²) in [7, 11) is 0. The summed E-state index contributed by atoms with van der Waals surface area (Å²) in [4.78, 5) is 28.5. The van der Waals surface area contributed by atoms with Gasteiger partial charge in [0.2, 0.25) is 5.91 Å². The Balaban J connectivity index is 1.47. The molecule has 2 amide bonds. The van der Waals surface area contributed by atoms with Crippen LogP contribution in [0.3, 0.4) is 0 Å². The molecule has 1 fully saturated rings. The van der Waals surface area contributed by atoms with Crippen LogP contribution in [0, 0.1) is 5.92 Å². The number of benzene rings is 2. The minimum atomic E-state index is -0.279. The van der Waals surface area contributed by atoms with Crippen molar-refractivity contribution in [1.29, 1.82) is 0 Å². The van der Waals surface area contributed by atoms with Crippen molar-refractivity contribution >= 4 is 40.5 Å². The molecule has 0 aromatic heterocycles. The Bertz CT molecular complexity index is 953. The highest BCUT2D eigenvalue weighted by Gasteiger charge is 2.20. The first-order valence-electron chi connectivity index (χ1n) is 11.3. The lowest BCUT2D eigenvalue weighted by Gasteiger charge is -2.36. The number of carbonyl (C=O) groups excluding carboxylic acids is 2. The van der Waals surface area contributed by atoms with E-state index in [0.717, 1.165) is 43.3 Å². The van der Waals surface area contributed by atoms with Crippen molar-refractivity contribution in [2.45, 2.75) is 27.2 Å². The Hall–Kier alpha value is -3.13. The Labute approximate surface area is 201 Å². The minimum absolute atomic E-state index is 0.208. The van der Waals surface area contributed by atoms with Crippen LogP contribution in [0.5, 0.6) is 5.75 Å². The zero-order chi connectivity index (χ0) is 23.8. The van der Waals surface area contributed by atoms with Crippen molar-refractivity contribution < 1.29 is 14.3 Å². The van der Waals surface area contributed by atoms with Crippen LogP contribution >= 0.6 is 12.2 Å². The number of nitrogens with zero attached hydrogens (tertiary/aromatic N) is 2. The summed E-state index contributed by atoms with van der Waals surface area (Å²) in [6, 6.07) is 14.9. The number of ether oxygens (including phenoxy) is 1. The van der Waals surface area contributed by atoms with Crippen molar-refractivity contribution in [2.24, 2.45) is 5.92 Å². The van der Waals surface area contributed by atoms with Crippen molar-refractivity contribution in [3.8, 4) is 5.75 Å². The van der Waals surface area contributed by atoms with Crippen LogP contribution in [0.4, 0.5) is 11.4 Å². The van der Waals surface area contributed by atoms with E-state index in [2.05, 4.69) is 29.4 Å². The van der Waals surface area contributed by atoms with Gasteiger partial charge in [-0.3, -0.25) is 14.9 Å². The fourth-order valence-electron chi connectivity index (χ4n) is 3.50. The molecule has 8 heteroatoms. The van der Waals surface area contributed by atoms with Gasteiger partial charge in [0.05, 0.1) is 6.61 Å². The van der Waals surface area contributed by atoms with Gasteiger partial charge in [0.15, 0.2) is 5.11 Å². The number of thiocarbonyl (C=S) groups is 1. The van der Waals surface area contributed by atoms with Crippen molar-refractivity contribution in [2.75, 3.05) is 43.0 Å². The molecule has 2 aromatic rings. The topological polar surface area (TPSA) is 73.9 Å². The van der Waals surface area contributed by atoms with Gasteiger partial charge in [0.25, 0.3) is 5.91 Å². The number of nitrogens with one attached hydrogen (secondary N) is 2. The molecule has 0 unspecified atom stereocenters. The van der Waals surface area contributed by atoms with Crippen molar-refractivity contribution in [3.63, 3.8) is 0 Å². The van der Waals surface area contributed by atoms with E-state index in [1.807, 2.05) is 36.1 Å². The molecule has 0 bridgehead atoms. The number of carbonyl (C=O) groups is 2. The predicted molar refractivity (Wildman–Crippen MR) is 136 cm³/mol. The smallest absolute Gasteiger partial charge is 0.257 e. The summed E-state index contributed by atoms with van der Waals surface area (Å²) in [6.45, 7) is 9.81. The second kappa shape index (κ2) is 11.7. The Morgan fingerprint density at radius 2 is 1.64 bits per heavy atom. The van der Waals surface area contributed by atoms with Crippen molar-refractivity contribution in [3.05, 3.63) is 54.1 Å². The third-order valence-corrected chi connectivity index (χ3v) is 5.56. The zero-order valence-corrected chi connectivity index (χ0v) is 20.3. The molecule has 3 rings (SSSR count).